The van der Waals surface area contributed by atoms with Gasteiger partial charge in [-0.25, -0.2) is 4.39 Å². The Hall–Kier alpha value is -0.650. The minimum Gasteiger partial charge on any atom is -0.338 e. The van der Waals surface area contributed by atoms with E-state index in [-0.39, 0.29) is 35.3 Å². The highest BCUT2D eigenvalue weighted by molar-refractivity contribution is 9.10. The molecular formula is C14H19BrClFN2O. The van der Waals surface area contributed by atoms with Crippen molar-refractivity contribution in [1.29, 1.82) is 0 Å². The molecule has 0 aliphatic carbocycles. The van der Waals surface area contributed by atoms with Crippen molar-refractivity contribution in [2.45, 2.75) is 26.3 Å². The predicted molar refractivity (Wildman–Crippen MR) is 83.6 cm³/mol. The zero-order valence-corrected chi connectivity index (χ0v) is 13.9. The molecule has 3 nitrogen and oxygen atoms in total. The Kier molecular flexibility index (Phi) is 5.58. The summed E-state index contributed by atoms with van der Waals surface area (Å²) in [5.41, 5.74) is 6.02. The molecule has 2 rings (SSSR count). The third-order valence-electron chi connectivity index (χ3n) is 3.76. The maximum atomic E-state index is 13.8. The molecule has 112 valence electrons. The fourth-order valence-electron chi connectivity index (χ4n) is 2.38. The van der Waals surface area contributed by atoms with E-state index in [1.54, 1.807) is 11.0 Å². The summed E-state index contributed by atoms with van der Waals surface area (Å²) < 4.78 is 14.5. The number of hydrogen-bond acceptors (Lipinski definition) is 2. The van der Waals surface area contributed by atoms with Crippen LogP contribution in [0.2, 0.25) is 0 Å². The smallest absolute Gasteiger partial charge is 0.256 e. The van der Waals surface area contributed by atoms with Gasteiger partial charge in [-0.1, -0.05) is 29.8 Å². The zero-order valence-electron chi connectivity index (χ0n) is 11.5. The Bertz CT molecular complexity index is 510. The molecule has 2 N–H and O–H groups in total. The van der Waals surface area contributed by atoms with E-state index in [0.29, 0.717) is 17.6 Å². The van der Waals surface area contributed by atoms with Gasteiger partial charge in [-0.3, -0.25) is 4.79 Å². The summed E-state index contributed by atoms with van der Waals surface area (Å²) in [6.45, 7) is 5.21. The van der Waals surface area contributed by atoms with Gasteiger partial charge in [-0.2, -0.15) is 0 Å². The first kappa shape index (κ1) is 17.4. The quantitative estimate of drug-likeness (QED) is 0.830. The Morgan fingerprint density at radius 1 is 1.50 bits per heavy atom. The molecule has 1 fully saturated rings. The lowest BCUT2D eigenvalue weighted by Gasteiger charge is -2.42. The van der Waals surface area contributed by atoms with Crippen molar-refractivity contribution in [2.75, 3.05) is 13.1 Å². The van der Waals surface area contributed by atoms with E-state index in [1.807, 2.05) is 13.8 Å². The zero-order chi connectivity index (χ0) is 14.2. The molecule has 1 unspecified atom stereocenters. The number of carbonyl (C=O) groups excluding carboxylic acids is 1. The molecule has 1 aromatic rings. The van der Waals surface area contributed by atoms with E-state index in [0.717, 1.165) is 6.42 Å². The number of nitrogens with zero attached hydrogens (tertiary/aromatic N) is 1. The third kappa shape index (κ3) is 3.51. The van der Waals surface area contributed by atoms with Gasteiger partial charge >= 0.3 is 0 Å². The van der Waals surface area contributed by atoms with Crippen LogP contribution in [0.4, 0.5) is 4.39 Å². The summed E-state index contributed by atoms with van der Waals surface area (Å²) >= 11 is 3.26. The first-order chi connectivity index (χ1) is 8.81. The molecule has 1 aliphatic rings. The van der Waals surface area contributed by atoms with Gasteiger partial charge in [0.1, 0.15) is 5.82 Å². The summed E-state index contributed by atoms with van der Waals surface area (Å²) in [5, 5.41) is 0. The minimum absolute atomic E-state index is 0. The maximum absolute atomic E-state index is 13.8. The number of nitrogens with two attached hydrogens (primary N) is 1. The fourth-order valence-corrected chi connectivity index (χ4v) is 2.74. The van der Waals surface area contributed by atoms with E-state index >= 15 is 0 Å². The molecule has 0 spiro atoms. The van der Waals surface area contributed by atoms with Crippen LogP contribution in [-0.4, -0.2) is 29.9 Å². The van der Waals surface area contributed by atoms with Crippen molar-refractivity contribution >= 4 is 34.2 Å². The molecule has 1 amide bonds. The van der Waals surface area contributed by atoms with Gasteiger partial charge in [0, 0.05) is 23.6 Å². The van der Waals surface area contributed by atoms with Crippen molar-refractivity contribution < 1.29 is 9.18 Å². The lowest BCUT2D eigenvalue weighted by atomic mass is 9.79. The van der Waals surface area contributed by atoms with E-state index in [2.05, 4.69) is 15.9 Å². The van der Waals surface area contributed by atoms with Crippen LogP contribution in [0.5, 0.6) is 0 Å². The van der Waals surface area contributed by atoms with Crippen LogP contribution in [0.1, 0.15) is 30.6 Å². The molecule has 20 heavy (non-hydrogen) atoms. The summed E-state index contributed by atoms with van der Waals surface area (Å²) in [6, 6.07) is 4.49. The van der Waals surface area contributed by atoms with Crippen LogP contribution in [0.25, 0.3) is 0 Å². The van der Waals surface area contributed by atoms with Gasteiger partial charge in [0.05, 0.1) is 5.56 Å². The number of benzene rings is 1. The number of hydrogen-bond donors (Lipinski definition) is 1. The summed E-state index contributed by atoms with van der Waals surface area (Å²) in [5.74, 6) is -0.750. The van der Waals surface area contributed by atoms with Crippen molar-refractivity contribution in [3.8, 4) is 0 Å². The number of halogens is 3. The third-order valence-corrected chi connectivity index (χ3v) is 4.25. The van der Waals surface area contributed by atoms with Gasteiger partial charge in [0.2, 0.25) is 0 Å². The monoisotopic (exact) mass is 364 g/mol. The molecule has 1 aliphatic heterocycles. The van der Waals surface area contributed by atoms with Crippen LogP contribution in [0.3, 0.4) is 0 Å². The highest BCUT2D eigenvalue weighted by atomic mass is 79.9. The van der Waals surface area contributed by atoms with Crippen LogP contribution >= 0.6 is 28.3 Å². The molecule has 1 aromatic carbocycles. The Labute approximate surface area is 133 Å². The van der Waals surface area contributed by atoms with E-state index < -0.39 is 5.82 Å². The fraction of sp³-hybridized carbons (Fsp3) is 0.500. The van der Waals surface area contributed by atoms with Crippen LogP contribution in [-0.2, 0) is 0 Å². The van der Waals surface area contributed by atoms with E-state index in [4.69, 9.17) is 5.73 Å². The average molecular weight is 366 g/mol. The van der Waals surface area contributed by atoms with Crippen molar-refractivity contribution in [3.63, 3.8) is 0 Å². The molecule has 1 heterocycles. The molecular weight excluding hydrogens is 347 g/mol. The number of likely N-dealkylation sites (tertiary alicyclic amines) is 1. The Morgan fingerprint density at radius 3 is 2.75 bits per heavy atom. The van der Waals surface area contributed by atoms with Crippen molar-refractivity contribution in [3.05, 3.63) is 34.1 Å². The molecule has 1 atom stereocenters. The van der Waals surface area contributed by atoms with E-state index in [9.17, 15) is 9.18 Å². The van der Waals surface area contributed by atoms with Crippen LogP contribution in [0.15, 0.2) is 22.7 Å². The van der Waals surface area contributed by atoms with Gasteiger partial charge in [-0.05, 0) is 30.0 Å². The standard InChI is InChI=1S/C14H18BrFN2O.ClH/c1-14(2)8-18(6-5-12(14)17)13(19)10-7-9(15)3-4-11(10)16;/h3-4,7,12H,5-6,8,17H2,1-2H3;1H. The minimum atomic E-state index is -0.485. The predicted octanol–water partition coefficient (Wildman–Crippen LogP) is 3.21. The van der Waals surface area contributed by atoms with Crippen LogP contribution < -0.4 is 5.73 Å². The second kappa shape index (κ2) is 6.41. The summed E-state index contributed by atoms with van der Waals surface area (Å²) in [6.07, 6.45) is 0.744. The van der Waals surface area contributed by atoms with Crippen LogP contribution in [0, 0.1) is 11.2 Å². The van der Waals surface area contributed by atoms with Gasteiger partial charge < -0.3 is 10.6 Å². The SMILES string of the molecule is CC1(C)CN(C(=O)c2cc(Br)ccc2F)CCC1N.Cl. The Morgan fingerprint density at radius 2 is 2.15 bits per heavy atom. The number of amides is 1. The maximum Gasteiger partial charge on any atom is 0.256 e. The lowest BCUT2D eigenvalue weighted by molar-refractivity contribution is 0.0528. The summed E-state index contributed by atoms with van der Waals surface area (Å²) in [7, 11) is 0. The average Bonchev–Trinajstić information content (AvgIpc) is 2.35. The molecule has 1 saturated heterocycles. The van der Waals surface area contributed by atoms with E-state index in [1.165, 1.54) is 12.1 Å². The second-order valence-electron chi connectivity index (χ2n) is 5.73. The van der Waals surface area contributed by atoms with Gasteiger partial charge in [0.25, 0.3) is 5.91 Å². The van der Waals surface area contributed by atoms with Crippen molar-refractivity contribution in [2.24, 2.45) is 11.1 Å². The lowest BCUT2D eigenvalue weighted by Crippen LogP contribution is -2.54. The van der Waals surface area contributed by atoms with Gasteiger partial charge in [-0.15, -0.1) is 12.4 Å². The first-order valence-corrected chi connectivity index (χ1v) is 7.10. The molecule has 0 radical (unpaired) electrons. The highest BCUT2D eigenvalue weighted by Crippen LogP contribution is 2.29. The second-order valence-corrected chi connectivity index (χ2v) is 6.65. The first-order valence-electron chi connectivity index (χ1n) is 6.31. The topological polar surface area (TPSA) is 46.3 Å². The molecule has 0 saturated carbocycles. The number of rotatable bonds is 1. The Balaban J connectivity index is 0.00000200. The normalized spacial score (nSPS) is 21.2. The molecule has 0 bridgehead atoms. The summed E-state index contributed by atoms with van der Waals surface area (Å²) in [4.78, 5) is 14.1. The van der Waals surface area contributed by atoms with Gasteiger partial charge in [0.15, 0.2) is 0 Å². The molecule has 6 heteroatoms. The number of carbonyl (C=O) groups is 1. The highest BCUT2D eigenvalue weighted by Gasteiger charge is 2.36. The van der Waals surface area contributed by atoms with Crippen molar-refractivity contribution in [1.82, 2.24) is 4.90 Å². The largest absolute Gasteiger partial charge is 0.338 e. The molecule has 0 aromatic heterocycles. The number of piperidine rings is 1.